The number of hydrogen-bond donors (Lipinski definition) is 0. The van der Waals surface area contributed by atoms with Crippen LogP contribution in [0.3, 0.4) is 0 Å². The first-order valence-electron chi connectivity index (χ1n) is 5.75. The second-order valence-corrected chi connectivity index (χ2v) is 5.43. The molecule has 1 atom stereocenters. The number of benzene rings is 2. The Morgan fingerprint density at radius 2 is 1.72 bits per heavy atom. The van der Waals surface area contributed by atoms with Crippen LogP contribution in [0, 0.1) is 5.82 Å². The van der Waals surface area contributed by atoms with Crippen LogP contribution < -0.4 is 0 Å². The molecule has 2 aromatic rings. The highest BCUT2D eigenvalue weighted by atomic mass is 79.9. The molecule has 0 nitrogen and oxygen atoms in total. The van der Waals surface area contributed by atoms with Crippen molar-refractivity contribution in [3.8, 4) is 0 Å². The van der Waals surface area contributed by atoms with E-state index in [2.05, 4.69) is 15.9 Å². The van der Waals surface area contributed by atoms with E-state index in [4.69, 9.17) is 11.6 Å². The van der Waals surface area contributed by atoms with E-state index in [-0.39, 0.29) is 11.7 Å². The molecular weight excluding hydrogens is 315 g/mol. The van der Waals surface area contributed by atoms with Crippen LogP contribution in [0.15, 0.2) is 53.0 Å². The van der Waals surface area contributed by atoms with Gasteiger partial charge in [-0.15, -0.1) is 11.6 Å². The van der Waals surface area contributed by atoms with Crippen LogP contribution in [-0.2, 0) is 6.42 Å². The van der Waals surface area contributed by atoms with Crippen molar-refractivity contribution in [2.24, 2.45) is 0 Å². The highest BCUT2D eigenvalue weighted by Crippen LogP contribution is 2.25. The molecule has 3 heteroatoms. The molecule has 1 unspecified atom stereocenters. The van der Waals surface area contributed by atoms with Gasteiger partial charge in [0.2, 0.25) is 0 Å². The zero-order chi connectivity index (χ0) is 13.0. The standard InChI is InChI=1S/C15H13BrClF/c16-13-7-5-11(6-8-13)9-12(10-17)14-3-1-2-4-15(14)18/h1-8,12H,9-10H2. The monoisotopic (exact) mass is 326 g/mol. The van der Waals surface area contributed by atoms with Crippen LogP contribution in [0.2, 0.25) is 0 Å². The average molecular weight is 328 g/mol. The highest BCUT2D eigenvalue weighted by Gasteiger charge is 2.14. The van der Waals surface area contributed by atoms with Crippen molar-refractivity contribution in [3.05, 3.63) is 69.9 Å². The molecule has 2 rings (SSSR count). The Balaban J connectivity index is 2.20. The van der Waals surface area contributed by atoms with Crippen molar-refractivity contribution in [2.75, 3.05) is 5.88 Å². The van der Waals surface area contributed by atoms with Crippen LogP contribution in [0.5, 0.6) is 0 Å². The SMILES string of the molecule is Fc1ccccc1C(CCl)Cc1ccc(Br)cc1. The fraction of sp³-hybridized carbons (Fsp3) is 0.200. The maximum Gasteiger partial charge on any atom is 0.126 e. The van der Waals surface area contributed by atoms with Crippen molar-refractivity contribution < 1.29 is 4.39 Å². The Morgan fingerprint density at radius 3 is 2.33 bits per heavy atom. The molecule has 0 aliphatic heterocycles. The molecule has 0 fully saturated rings. The molecule has 0 radical (unpaired) electrons. The summed E-state index contributed by atoms with van der Waals surface area (Å²) in [7, 11) is 0. The van der Waals surface area contributed by atoms with E-state index in [9.17, 15) is 4.39 Å². The molecule has 18 heavy (non-hydrogen) atoms. The topological polar surface area (TPSA) is 0 Å². The number of alkyl halides is 1. The van der Waals surface area contributed by atoms with E-state index in [1.807, 2.05) is 30.3 Å². The summed E-state index contributed by atoms with van der Waals surface area (Å²) in [6, 6.07) is 14.9. The quantitative estimate of drug-likeness (QED) is 0.681. The Labute approximate surface area is 120 Å². The zero-order valence-electron chi connectivity index (χ0n) is 9.74. The lowest BCUT2D eigenvalue weighted by atomic mass is 9.93. The molecule has 2 aromatic carbocycles. The van der Waals surface area contributed by atoms with Gasteiger partial charge in [0.25, 0.3) is 0 Å². The van der Waals surface area contributed by atoms with Gasteiger partial charge in [-0.05, 0) is 35.7 Å². The van der Waals surface area contributed by atoms with Crippen molar-refractivity contribution in [2.45, 2.75) is 12.3 Å². The van der Waals surface area contributed by atoms with Gasteiger partial charge in [-0.2, -0.15) is 0 Å². The Morgan fingerprint density at radius 1 is 1.06 bits per heavy atom. The van der Waals surface area contributed by atoms with Gasteiger partial charge in [-0.3, -0.25) is 0 Å². The number of rotatable bonds is 4. The third kappa shape index (κ3) is 3.33. The normalized spacial score (nSPS) is 12.4. The minimum Gasteiger partial charge on any atom is -0.207 e. The van der Waals surface area contributed by atoms with E-state index >= 15 is 0 Å². The second kappa shape index (κ2) is 6.35. The molecule has 0 amide bonds. The van der Waals surface area contributed by atoms with Crippen molar-refractivity contribution in [3.63, 3.8) is 0 Å². The minimum atomic E-state index is -0.180. The maximum atomic E-state index is 13.7. The largest absolute Gasteiger partial charge is 0.207 e. The molecule has 0 aliphatic carbocycles. The molecule has 0 saturated heterocycles. The minimum absolute atomic E-state index is 0.00837. The van der Waals surface area contributed by atoms with Crippen LogP contribution in [0.4, 0.5) is 4.39 Å². The van der Waals surface area contributed by atoms with Gasteiger partial charge in [0.05, 0.1) is 0 Å². The summed E-state index contributed by atoms with van der Waals surface area (Å²) in [4.78, 5) is 0. The maximum absolute atomic E-state index is 13.7. The summed E-state index contributed by atoms with van der Waals surface area (Å²) < 4.78 is 14.8. The molecule has 0 bridgehead atoms. The summed E-state index contributed by atoms with van der Waals surface area (Å²) in [5.74, 6) is 0.242. The van der Waals surface area contributed by atoms with Gasteiger partial charge >= 0.3 is 0 Å². The van der Waals surface area contributed by atoms with Crippen LogP contribution in [0.25, 0.3) is 0 Å². The van der Waals surface area contributed by atoms with Gasteiger partial charge in [0.1, 0.15) is 5.82 Å². The van der Waals surface area contributed by atoms with E-state index < -0.39 is 0 Å². The molecule has 0 aromatic heterocycles. The van der Waals surface area contributed by atoms with Crippen molar-refractivity contribution in [1.82, 2.24) is 0 Å². The summed E-state index contributed by atoms with van der Waals surface area (Å²) in [6.45, 7) is 0. The summed E-state index contributed by atoms with van der Waals surface area (Å²) in [6.07, 6.45) is 0.748. The third-order valence-corrected chi connectivity index (χ3v) is 3.83. The predicted octanol–water partition coefficient (Wildman–Crippen LogP) is 5.15. The third-order valence-electron chi connectivity index (χ3n) is 2.93. The summed E-state index contributed by atoms with van der Waals surface area (Å²) in [5, 5.41) is 0. The van der Waals surface area contributed by atoms with Gasteiger partial charge in [0, 0.05) is 16.3 Å². The molecule has 94 valence electrons. The number of halogens is 3. The average Bonchev–Trinajstić information content (AvgIpc) is 2.39. The van der Waals surface area contributed by atoms with Crippen LogP contribution in [-0.4, -0.2) is 5.88 Å². The fourth-order valence-electron chi connectivity index (χ4n) is 1.96. The van der Waals surface area contributed by atoms with Crippen LogP contribution in [0.1, 0.15) is 17.0 Å². The summed E-state index contributed by atoms with van der Waals surface area (Å²) >= 11 is 9.38. The first-order chi connectivity index (χ1) is 8.70. The molecule has 0 aliphatic rings. The van der Waals surface area contributed by atoms with E-state index in [1.54, 1.807) is 12.1 Å². The Bertz CT molecular complexity index is 510. The van der Waals surface area contributed by atoms with Crippen molar-refractivity contribution in [1.29, 1.82) is 0 Å². The van der Waals surface area contributed by atoms with Crippen LogP contribution >= 0.6 is 27.5 Å². The predicted molar refractivity (Wildman–Crippen MR) is 77.7 cm³/mol. The Hall–Kier alpha value is -0.860. The zero-order valence-corrected chi connectivity index (χ0v) is 12.1. The fourth-order valence-corrected chi connectivity index (χ4v) is 2.50. The second-order valence-electron chi connectivity index (χ2n) is 4.20. The Kier molecular flexibility index (Phi) is 4.79. The number of hydrogen-bond acceptors (Lipinski definition) is 0. The lowest BCUT2D eigenvalue weighted by Crippen LogP contribution is -2.07. The molecule has 0 heterocycles. The smallest absolute Gasteiger partial charge is 0.126 e. The van der Waals surface area contributed by atoms with Crippen molar-refractivity contribution >= 4 is 27.5 Å². The summed E-state index contributed by atoms with van der Waals surface area (Å²) in [5.41, 5.74) is 1.85. The van der Waals surface area contributed by atoms with E-state index in [0.717, 1.165) is 16.5 Å². The molecule has 0 saturated carbocycles. The lowest BCUT2D eigenvalue weighted by molar-refractivity contribution is 0.589. The van der Waals surface area contributed by atoms with Gasteiger partial charge in [-0.1, -0.05) is 46.3 Å². The first-order valence-corrected chi connectivity index (χ1v) is 7.08. The van der Waals surface area contributed by atoms with Gasteiger partial charge < -0.3 is 0 Å². The van der Waals surface area contributed by atoms with E-state index in [0.29, 0.717) is 11.4 Å². The highest BCUT2D eigenvalue weighted by molar-refractivity contribution is 9.10. The van der Waals surface area contributed by atoms with Gasteiger partial charge in [0.15, 0.2) is 0 Å². The first kappa shape index (κ1) is 13.6. The molecule has 0 N–H and O–H groups in total. The van der Waals surface area contributed by atoms with Gasteiger partial charge in [-0.25, -0.2) is 4.39 Å². The molecule has 0 spiro atoms. The molecular formula is C15H13BrClF. The lowest BCUT2D eigenvalue weighted by Gasteiger charge is -2.15. The van der Waals surface area contributed by atoms with E-state index in [1.165, 1.54) is 6.07 Å².